The highest BCUT2D eigenvalue weighted by Crippen LogP contribution is 2.18. The van der Waals surface area contributed by atoms with Gasteiger partial charge >= 0.3 is 5.97 Å². The maximum absolute atomic E-state index is 11.5. The van der Waals surface area contributed by atoms with Crippen LogP contribution in [0.25, 0.3) is 0 Å². The van der Waals surface area contributed by atoms with E-state index in [1.165, 1.54) is 4.90 Å². The molecule has 6 nitrogen and oxygen atoms in total. The maximum Gasteiger partial charge on any atom is 0.328 e. The molecule has 6 heteroatoms. The van der Waals surface area contributed by atoms with Crippen LogP contribution in [0.1, 0.15) is 13.3 Å². The Morgan fingerprint density at radius 1 is 1.60 bits per heavy atom. The molecule has 1 aliphatic rings. The van der Waals surface area contributed by atoms with Crippen molar-refractivity contribution in [3.05, 3.63) is 0 Å². The van der Waals surface area contributed by atoms with Crippen LogP contribution in [-0.4, -0.2) is 53.7 Å². The van der Waals surface area contributed by atoms with Crippen LogP contribution < -0.4 is 5.73 Å². The smallest absolute Gasteiger partial charge is 0.328 e. The Kier molecular flexibility index (Phi) is 4.05. The number of carbonyl (C=O) groups is 2. The quantitative estimate of drug-likeness (QED) is 0.558. The lowest BCUT2D eigenvalue weighted by Crippen LogP contribution is -2.44. The third-order valence-corrected chi connectivity index (χ3v) is 2.33. The van der Waals surface area contributed by atoms with E-state index in [4.69, 9.17) is 10.5 Å². The Morgan fingerprint density at radius 3 is 2.80 bits per heavy atom. The molecule has 0 saturated carbocycles. The Bertz CT molecular complexity index is 256. The van der Waals surface area contributed by atoms with Crippen LogP contribution in [0.2, 0.25) is 0 Å². The third-order valence-electron chi connectivity index (χ3n) is 2.33. The molecular weight excluding hydrogens is 200 g/mol. The number of β-amino-alcohol motifs (C(OH)–C–C–N with tert-alkyl or cyclic N) is 1. The molecule has 0 bridgehead atoms. The van der Waals surface area contributed by atoms with Crippen molar-refractivity contribution >= 4 is 11.9 Å². The minimum atomic E-state index is -0.684. The summed E-state index contributed by atoms with van der Waals surface area (Å²) in [5.74, 6) is -0.819. The number of likely N-dealkylation sites (tertiary alicyclic amines) is 1. The number of esters is 1. The fourth-order valence-corrected chi connectivity index (χ4v) is 1.67. The summed E-state index contributed by atoms with van der Waals surface area (Å²) >= 11 is 0. The Hall–Kier alpha value is -1.14. The van der Waals surface area contributed by atoms with Crippen molar-refractivity contribution in [3.63, 3.8) is 0 Å². The Balaban J connectivity index is 2.68. The summed E-state index contributed by atoms with van der Waals surface area (Å²) in [7, 11) is 0. The van der Waals surface area contributed by atoms with E-state index >= 15 is 0 Å². The molecule has 2 atom stereocenters. The predicted octanol–water partition coefficient (Wildman–Crippen LogP) is -1.53. The van der Waals surface area contributed by atoms with E-state index in [2.05, 4.69) is 0 Å². The first-order chi connectivity index (χ1) is 7.10. The monoisotopic (exact) mass is 216 g/mol. The zero-order chi connectivity index (χ0) is 11.4. The van der Waals surface area contributed by atoms with Gasteiger partial charge in [-0.15, -0.1) is 0 Å². The van der Waals surface area contributed by atoms with Crippen molar-refractivity contribution in [3.8, 4) is 0 Å². The number of amides is 1. The third kappa shape index (κ3) is 2.66. The molecule has 0 unspecified atom stereocenters. The topological polar surface area (TPSA) is 92.9 Å². The van der Waals surface area contributed by atoms with Crippen molar-refractivity contribution in [2.45, 2.75) is 25.5 Å². The van der Waals surface area contributed by atoms with Gasteiger partial charge in [0.15, 0.2) is 0 Å². The van der Waals surface area contributed by atoms with Crippen LogP contribution in [0.15, 0.2) is 0 Å². The molecular formula is C9H16N2O4. The van der Waals surface area contributed by atoms with Crippen molar-refractivity contribution in [2.75, 3.05) is 19.7 Å². The number of nitrogens with zero attached hydrogens (tertiary/aromatic N) is 1. The summed E-state index contributed by atoms with van der Waals surface area (Å²) < 4.78 is 4.81. The fourth-order valence-electron chi connectivity index (χ4n) is 1.67. The Morgan fingerprint density at radius 2 is 2.27 bits per heavy atom. The highest BCUT2D eigenvalue weighted by Gasteiger charge is 2.39. The number of aliphatic hydroxyl groups is 1. The van der Waals surface area contributed by atoms with Gasteiger partial charge in [0.1, 0.15) is 6.04 Å². The molecule has 0 spiro atoms. The van der Waals surface area contributed by atoms with Gasteiger partial charge in [-0.05, 0) is 6.92 Å². The molecule has 1 saturated heterocycles. The van der Waals surface area contributed by atoms with E-state index in [1.54, 1.807) is 6.92 Å². The minimum absolute atomic E-state index is 0.152. The lowest BCUT2D eigenvalue weighted by molar-refractivity contribution is -0.152. The maximum atomic E-state index is 11.5. The van der Waals surface area contributed by atoms with Gasteiger partial charge in [0.05, 0.1) is 19.3 Å². The SMILES string of the molecule is CCOC(=O)[C@@H]1C[C@@H](O)CN1C(=O)CN. The number of aliphatic hydroxyl groups excluding tert-OH is 1. The first-order valence-electron chi connectivity index (χ1n) is 4.94. The first kappa shape index (κ1) is 11.9. The molecule has 1 rings (SSSR count). The Labute approximate surface area is 88.0 Å². The largest absolute Gasteiger partial charge is 0.464 e. The van der Waals surface area contributed by atoms with Gasteiger partial charge in [0.25, 0.3) is 0 Å². The molecule has 1 aliphatic heterocycles. The normalized spacial score (nSPS) is 25.4. The lowest BCUT2D eigenvalue weighted by atomic mass is 10.2. The second-order valence-corrected chi connectivity index (χ2v) is 3.41. The van der Waals surface area contributed by atoms with Crippen molar-refractivity contribution in [1.82, 2.24) is 4.90 Å². The van der Waals surface area contributed by atoms with Gasteiger partial charge in [-0.1, -0.05) is 0 Å². The second kappa shape index (κ2) is 5.09. The molecule has 3 N–H and O–H groups in total. The summed E-state index contributed by atoms with van der Waals surface area (Å²) in [6.07, 6.45) is -0.445. The summed E-state index contributed by atoms with van der Waals surface area (Å²) in [5.41, 5.74) is 5.21. The van der Waals surface area contributed by atoms with Gasteiger partial charge in [-0.3, -0.25) is 4.79 Å². The van der Waals surface area contributed by atoms with Crippen molar-refractivity contribution in [2.24, 2.45) is 5.73 Å². The van der Waals surface area contributed by atoms with Gasteiger partial charge in [-0.2, -0.15) is 0 Å². The molecule has 0 aromatic rings. The van der Waals surface area contributed by atoms with E-state index in [0.717, 1.165) is 0 Å². The summed E-state index contributed by atoms with van der Waals surface area (Å²) in [6, 6.07) is -0.684. The molecule has 1 fully saturated rings. The van der Waals surface area contributed by atoms with Crippen LogP contribution in [0.4, 0.5) is 0 Å². The number of rotatable bonds is 3. The van der Waals surface area contributed by atoms with Crippen LogP contribution in [0, 0.1) is 0 Å². The molecule has 86 valence electrons. The van der Waals surface area contributed by atoms with Crippen LogP contribution in [0.5, 0.6) is 0 Å². The molecule has 0 aromatic heterocycles. The summed E-state index contributed by atoms with van der Waals surface area (Å²) in [6.45, 7) is 1.94. The second-order valence-electron chi connectivity index (χ2n) is 3.41. The van der Waals surface area contributed by atoms with Crippen molar-refractivity contribution in [1.29, 1.82) is 0 Å². The van der Waals surface area contributed by atoms with Gasteiger partial charge < -0.3 is 20.5 Å². The molecule has 0 aliphatic carbocycles. The van der Waals surface area contributed by atoms with E-state index < -0.39 is 18.1 Å². The molecule has 1 amide bonds. The zero-order valence-corrected chi connectivity index (χ0v) is 8.68. The van der Waals surface area contributed by atoms with E-state index in [9.17, 15) is 14.7 Å². The number of hydrogen-bond acceptors (Lipinski definition) is 5. The highest BCUT2D eigenvalue weighted by molar-refractivity contribution is 5.86. The fraction of sp³-hybridized carbons (Fsp3) is 0.778. The molecule has 0 aromatic carbocycles. The number of ether oxygens (including phenoxy) is 1. The summed E-state index contributed by atoms with van der Waals surface area (Å²) in [4.78, 5) is 24.1. The van der Waals surface area contributed by atoms with Crippen LogP contribution >= 0.6 is 0 Å². The van der Waals surface area contributed by atoms with Crippen molar-refractivity contribution < 1.29 is 19.4 Å². The van der Waals surface area contributed by atoms with Gasteiger partial charge in [0.2, 0.25) is 5.91 Å². The van der Waals surface area contributed by atoms with Crippen LogP contribution in [0.3, 0.4) is 0 Å². The average Bonchev–Trinajstić information content (AvgIpc) is 2.59. The highest BCUT2D eigenvalue weighted by atomic mass is 16.5. The predicted molar refractivity (Wildman–Crippen MR) is 51.8 cm³/mol. The summed E-state index contributed by atoms with van der Waals surface area (Å²) in [5, 5.41) is 9.39. The van der Waals surface area contributed by atoms with Crippen LogP contribution in [-0.2, 0) is 14.3 Å². The minimum Gasteiger partial charge on any atom is -0.464 e. The van der Waals surface area contributed by atoms with E-state index in [-0.39, 0.29) is 32.0 Å². The molecule has 1 heterocycles. The van der Waals surface area contributed by atoms with Gasteiger partial charge in [-0.25, -0.2) is 4.79 Å². The number of nitrogens with two attached hydrogens (primary N) is 1. The van der Waals surface area contributed by atoms with E-state index in [1.807, 2.05) is 0 Å². The van der Waals surface area contributed by atoms with Gasteiger partial charge in [0, 0.05) is 13.0 Å². The average molecular weight is 216 g/mol. The lowest BCUT2D eigenvalue weighted by Gasteiger charge is -2.21. The number of carbonyl (C=O) groups excluding carboxylic acids is 2. The van der Waals surface area contributed by atoms with E-state index in [0.29, 0.717) is 0 Å². The first-order valence-corrected chi connectivity index (χ1v) is 4.94. The standard InChI is InChI=1S/C9H16N2O4/c1-2-15-9(14)7-3-6(12)5-11(7)8(13)4-10/h6-7,12H,2-5,10H2,1H3/t6-,7+/m1/s1. The number of hydrogen-bond donors (Lipinski definition) is 2. The molecule has 0 radical (unpaired) electrons. The zero-order valence-electron chi connectivity index (χ0n) is 8.68. The molecule has 15 heavy (non-hydrogen) atoms.